The van der Waals surface area contributed by atoms with Crippen molar-refractivity contribution in [3.8, 4) is 0 Å². The Morgan fingerprint density at radius 1 is 0.739 bits per heavy atom. The van der Waals surface area contributed by atoms with Gasteiger partial charge in [0, 0.05) is 12.4 Å². The number of furan rings is 1. The summed E-state index contributed by atoms with van der Waals surface area (Å²) in [6.07, 6.45) is 0. The molecule has 0 amide bonds. The van der Waals surface area contributed by atoms with Crippen LogP contribution in [0.1, 0.15) is 0 Å². The Kier molecular flexibility index (Phi) is 2.48. The molecule has 1 aromatic heterocycles. The van der Waals surface area contributed by atoms with E-state index < -0.39 is 0 Å². The minimum atomic E-state index is 0.845. The molecule has 1 aliphatic rings. The highest BCUT2D eigenvalue weighted by Gasteiger charge is 2.26. The number of hydrogen-bond donors (Lipinski definition) is 0. The Morgan fingerprint density at radius 2 is 1.43 bits per heavy atom. The van der Waals surface area contributed by atoms with Crippen molar-refractivity contribution >= 4 is 39.0 Å². The van der Waals surface area contributed by atoms with Crippen LogP contribution < -0.4 is 9.80 Å². The van der Waals surface area contributed by atoms with E-state index in [1.54, 1.807) is 0 Å². The number of anilines is 3. The lowest BCUT2D eigenvalue weighted by Gasteiger charge is -2.20. The zero-order valence-corrected chi connectivity index (χ0v) is 12.9. The summed E-state index contributed by atoms with van der Waals surface area (Å²) >= 11 is 0. The van der Waals surface area contributed by atoms with Crippen LogP contribution in [0.15, 0.2) is 71.1 Å². The third-order valence-corrected chi connectivity index (χ3v) is 4.61. The van der Waals surface area contributed by atoms with Crippen molar-refractivity contribution < 1.29 is 4.42 Å². The van der Waals surface area contributed by atoms with E-state index in [2.05, 4.69) is 65.4 Å². The molecular formula is C20H16N2O. The quantitative estimate of drug-likeness (QED) is 0.486. The van der Waals surface area contributed by atoms with Crippen molar-refractivity contribution in [2.45, 2.75) is 0 Å². The van der Waals surface area contributed by atoms with E-state index in [-0.39, 0.29) is 0 Å². The molecule has 5 rings (SSSR count). The molecule has 0 aliphatic carbocycles. The molecule has 2 heterocycles. The maximum Gasteiger partial charge on any atom is 0.137 e. The Hall–Kier alpha value is -2.94. The van der Waals surface area contributed by atoms with Crippen LogP contribution in [0.2, 0.25) is 0 Å². The van der Waals surface area contributed by atoms with Gasteiger partial charge in [-0.1, -0.05) is 36.4 Å². The van der Waals surface area contributed by atoms with Crippen LogP contribution in [0.3, 0.4) is 0 Å². The van der Waals surface area contributed by atoms with E-state index in [4.69, 9.17) is 4.42 Å². The van der Waals surface area contributed by atoms with Crippen molar-refractivity contribution in [2.24, 2.45) is 0 Å². The van der Waals surface area contributed by atoms with Gasteiger partial charge in [-0.05, 0) is 30.3 Å². The number of nitrogens with zero attached hydrogens (tertiary/aromatic N) is 2. The van der Waals surface area contributed by atoms with Gasteiger partial charge >= 0.3 is 0 Å². The molecular weight excluding hydrogens is 284 g/mol. The molecule has 3 nitrogen and oxygen atoms in total. The molecule has 0 radical (unpaired) electrons. The van der Waals surface area contributed by atoms with Gasteiger partial charge in [0.15, 0.2) is 0 Å². The van der Waals surface area contributed by atoms with Crippen LogP contribution in [0, 0.1) is 0 Å². The predicted molar refractivity (Wildman–Crippen MR) is 95.6 cm³/mol. The first kappa shape index (κ1) is 12.6. The van der Waals surface area contributed by atoms with E-state index >= 15 is 0 Å². The zero-order valence-electron chi connectivity index (χ0n) is 12.9. The van der Waals surface area contributed by atoms with Gasteiger partial charge in [-0.15, -0.1) is 0 Å². The van der Waals surface area contributed by atoms with Gasteiger partial charge in [0.1, 0.15) is 11.2 Å². The SMILES string of the molecule is CN1CN(c2cccc3oc4ccccc4c23)c2ccccc21. The fraction of sp³-hybridized carbons (Fsp3) is 0.100. The summed E-state index contributed by atoms with van der Waals surface area (Å²) in [7, 11) is 2.13. The largest absolute Gasteiger partial charge is 0.456 e. The molecule has 0 atom stereocenters. The van der Waals surface area contributed by atoms with Crippen LogP contribution in [0.4, 0.5) is 17.1 Å². The Bertz CT molecular complexity index is 1030. The molecule has 0 bridgehead atoms. The molecule has 0 saturated carbocycles. The highest BCUT2D eigenvalue weighted by Crippen LogP contribution is 2.44. The monoisotopic (exact) mass is 300 g/mol. The van der Waals surface area contributed by atoms with Crippen LogP contribution in [-0.2, 0) is 0 Å². The van der Waals surface area contributed by atoms with Gasteiger partial charge in [0.05, 0.1) is 29.1 Å². The normalized spacial score (nSPS) is 14.0. The summed E-state index contributed by atoms with van der Waals surface area (Å²) in [4.78, 5) is 4.63. The van der Waals surface area contributed by atoms with Gasteiger partial charge in [-0.3, -0.25) is 0 Å². The summed E-state index contributed by atoms with van der Waals surface area (Å²) in [6.45, 7) is 0.845. The maximum absolute atomic E-state index is 6.03. The summed E-state index contributed by atoms with van der Waals surface area (Å²) in [5, 5.41) is 2.36. The highest BCUT2D eigenvalue weighted by atomic mass is 16.3. The van der Waals surface area contributed by atoms with Crippen molar-refractivity contribution in [3.63, 3.8) is 0 Å². The Labute approximate surface area is 134 Å². The molecule has 0 saturated heterocycles. The highest BCUT2D eigenvalue weighted by molar-refractivity contribution is 6.12. The molecule has 112 valence electrons. The number of hydrogen-bond acceptors (Lipinski definition) is 3. The second-order valence-corrected chi connectivity index (χ2v) is 6.00. The first-order chi connectivity index (χ1) is 11.3. The topological polar surface area (TPSA) is 19.6 Å². The fourth-order valence-corrected chi connectivity index (χ4v) is 3.57. The minimum Gasteiger partial charge on any atom is -0.456 e. The molecule has 0 spiro atoms. The number of benzene rings is 3. The summed E-state index contributed by atoms with van der Waals surface area (Å²) in [5.74, 6) is 0. The van der Waals surface area contributed by atoms with E-state index in [1.165, 1.54) is 27.8 Å². The minimum absolute atomic E-state index is 0.845. The summed E-state index contributed by atoms with van der Waals surface area (Å²) in [5.41, 5.74) is 5.58. The van der Waals surface area contributed by atoms with Crippen LogP contribution in [0.25, 0.3) is 21.9 Å². The van der Waals surface area contributed by atoms with E-state index in [9.17, 15) is 0 Å². The van der Waals surface area contributed by atoms with Gasteiger partial charge < -0.3 is 14.2 Å². The molecule has 3 aromatic carbocycles. The van der Waals surface area contributed by atoms with Gasteiger partial charge in [0.2, 0.25) is 0 Å². The van der Waals surface area contributed by atoms with Crippen LogP contribution in [0.5, 0.6) is 0 Å². The predicted octanol–water partition coefficient (Wildman–Crippen LogP) is 5.13. The number of para-hydroxylation sites is 3. The zero-order chi connectivity index (χ0) is 15.4. The summed E-state index contributed by atoms with van der Waals surface area (Å²) in [6, 6.07) is 23.1. The van der Waals surface area contributed by atoms with E-state index in [1.807, 2.05) is 18.2 Å². The fourth-order valence-electron chi connectivity index (χ4n) is 3.57. The lowest BCUT2D eigenvalue weighted by atomic mass is 10.1. The molecule has 3 heteroatoms. The standard InChI is InChI=1S/C20H16N2O/c1-21-13-22(16-9-4-3-8-15(16)21)17-10-6-12-19-20(17)14-7-2-5-11-18(14)23-19/h2-12H,13H2,1H3. The molecule has 0 N–H and O–H groups in total. The third kappa shape index (κ3) is 1.70. The second kappa shape index (κ2) is 4.53. The third-order valence-electron chi connectivity index (χ3n) is 4.61. The van der Waals surface area contributed by atoms with Gasteiger partial charge in [-0.25, -0.2) is 0 Å². The van der Waals surface area contributed by atoms with Crippen molar-refractivity contribution in [1.29, 1.82) is 0 Å². The number of rotatable bonds is 1. The molecule has 23 heavy (non-hydrogen) atoms. The molecule has 0 fully saturated rings. The van der Waals surface area contributed by atoms with Gasteiger partial charge in [0.25, 0.3) is 0 Å². The lowest BCUT2D eigenvalue weighted by Crippen LogP contribution is -2.24. The average Bonchev–Trinajstić information content (AvgIpc) is 3.13. The first-order valence-electron chi connectivity index (χ1n) is 7.81. The van der Waals surface area contributed by atoms with E-state index in [0.717, 1.165) is 17.8 Å². The molecule has 1 aliphatic heterocycles. The van der Waals surface area contributed by atoms with Crippen molar-refractivity contribution in [2.75, 3.05) is 23.5 Å². The first-order valence-corrected chi connectivity index (χ1v) is 7.81. The summed E-state index contributed by atoms with van der Waals surface area (Å²) < 4.78 is 6.03. The Morgan fingerprint density at radius 3 is 2.35 bits per heavy atom. The van der Waals surface area contributed by atoms with Crippen molar-refractivity contribution in [3.05, 3.63) is 66.7 Å². The average molecular weight is 300 g/mol. The second-order valence-electron chi connectivity index (χ2n) is 6.00. The van der Waals surface area contributed by atoms with E-state index in [0.29, 0.717) is 0 Å². The van der Waals surface area contributed by atoms with Crippen LogP contribution in [-0.4, -0.2) is 13.7 Å². The lowest BCUT2D eigenvalue weighted by molar-refractivity contribution is 0.669. The smallest absolute Gasteiger partial charge is 0.137 e. The Balaban J connectivity index is 1.82. The maximum atomic E-state index is 6.03. The van der Waals surface area contributed by atoms with Crippen molar-refractivity contribution in [1.82, 2.24) is 0 Å². The molecule has 4 aromatic rings. The molecule has 0 unspecified atom stereocenters. The number of fused-ring (bicyclic) bond motifs is 4. The van der Waals surface area contributed by atoms with Crippen LogP contribution >= 0.6 is 0 Å². The van der Waals surface area contributed by atoms with Gasteiger partial charge in [-0.2, -0.15) is 0 Å².